The van der Waals surface area contributed by atoms with Crippen LogP contribution in [0.1, 0.15) is 41.4 Å². The minimum atomic E-state index is -0.844. The van der Waals surface area contributed by atoms with Crippen molar-refractivity contribution in [3.05, 3.63) is 83.1 Å². The van der Waals surface area contributed by atoms with E-state index < -0.39 is 5.97 Å². The molecule has 0 unspecified atom stereocenters. The van der Waals surface area contributed by atoms with Crippen LogP contribution >= 0.6 is 0 Å². The lowest BCUT2D eigenvalue weighted by Gasteiger charge is -2.28. The number of hydrogen-bond acceptors (Lipinski definition) is 5. The Balaban J connectivity index is 1.65. The molecule has 0 fully saturated rings. The Kier molecular flexibility index (Phi) is 7.25. The van der Waals surface area contributed by atoms with Crippen LogP contribution in [-0.2, 0) is 17.8 Å². The zero-order chi connectivity index (χ0) is 21.5. The van der Waals surface area contributed by atoms with Crippen molar-refractivity contribution in [1.82, 2.24) is 9.88 Å². The van der Waals surface area contributed by atoms with E-state index in [1.807, 2.05) is 80.3 Å². The fourth-order valence-electron chi connectivity index (χ4n) is 3.48. The third-order valence-electron chi connectivity index (χ3n) is 5.06. The zero-order valence-corrected chi connectivity index (χ0v) is 17.7. The number of carbonyl (C=O) groups is 1. The number of carboxylic acids is 1. The number of ether oxygens (including phenoxy) is 1. The van der Waals surface area contributed by atoms with E-state index in [0.717, 1.165) is 28.3 Å². The lowest BCUT2D eigenvalue weighted by atomic mass is 10.1. The molecule has 6 nitrogen and oxygen atoms in total. The van der Waals surface area contributed by atoms with Gasteiger partial charge in [-0.3, -0.25) is 9.69 Å². The van der Waals surface area contributed by atoms with Crippen molar-refractivity contribution in [1.29, 1.82) is 0 Å². The maximum atomic E-state index is 11.4. The van der Waals surface area contributed by atoms with Crippen molar-refractivity contribution >= 4 is 5.97 Å². The molecular weight excluding hydrogens is 380 g/mol. The van der Waals surface area contributed by atoms with Crippen LogP contribution < -0.4 is 4.74 Å². The van der Waals surface area contributed by atoms with Gasteiger partial charge in [0, 0.05) is 25.9 Å². The van der Waals surface area contributed by atoms with Crippen molar-refractivity contribution in [2.75, 3.05) is 13.2 Å². The molecule has 0 radical (unpaired) electrons. The van der Waals surface area contributed by atoms with Crippen LogP contribution in [0.25, 0.3) is 0 Å². The number of nitrogens with zero attached hydrogens (tertiary/aromatic N) is 2. The molecule has 0 saturated carbocycles. The van der Waals surface area contributed by atoms with Gasteiger partial charge in [0.2, 0.25) is 0 Å². The molecule has 1 aromatic heterocycles. The molecule has 1 atom stereocenters. The summed E-state index contributed by atoms with van der Waals surface area (Å²) in [5.74, 6) is 1.40. The van der Waals surface area contributed by atoms with E-state index in [-0.39, 0.29) is 12.6 Å². The predicted octanol–water partition coefficient (Wildman–Crippen LogP) is 4.56. The second-order valence-corrected chi connectivity index (χ2v) is 7.37. The first-order chi connectivity index (χ1) is 14.4. The topological polar surface area (TPSA) is 75.8 Å². The maximum absolute atomic E-state index is 11.4. The van der Waals surface area contributed by atoms with E-state index in [2.05, 4.69) is 4.98 Å². The van der Waals surface area contributed by atoms with Crippen LogP contribution in [-0.4, -0.2) is 34.1 Å². The largest absolute Gasteiger partial charge is 0.493 e. The summed E-state index contributed by atoms with van der Waals surface area (Å²) in [5, 5.41) is 9.38. The second-order valence-electron chi connectivity index (χ2n) is 7.37. The third-order valence-corrected chi connectivity index (χ3v) is 5.06. The van der Waals surface area contributed by atoms with Crippen LogP contribution in [0.15, 0.2) is 59.0 Å². The van der Waals surface area contributed by atoms with E-state index >= 15 is 0 Å². The first kappa shape index (κ1) is 21.6. The Morgan fingerprint density at radius 2 is 1.93 bits per heavy atom. The Hall–Kier alpha value is -3.12. The van der Waals surface area contributed by atoms with Crippen LogP contribution in [0.2, 0.25) is 0 Å². The lowest BCUT2D eigenvalue weighted by Crippen LogP contribution is -2.32. The van der Waals surface area contributed by atoms with Crippen LogP contribution in [0.5, 0.6) is 5.75 Å². The number of carboxylic acid groups (broad SMARTS) is 1. The van der Waals surface area contributed by atoms with E-state index in [4.69, 9.17) is 9.15 Å². The highest BCUT2D eigenvalue weighted by atomic mass is 16.5. The lowest BCUT2D eigenvalue weighted by molar-refractivity contribution is -0.139. The Morgan fingerprint density at radius 1 is 1.17 bits per heavy atom. The van der Waals surface area contributed by atoms with Gasteiger partial charge in [-0.2, -0.15) is 0 Å². The average molecular weight is 408 g/mol. The summed E-state index contributed by atoms with van der Waals surface area (Å²) >= 11 is 0. The van der Waals surface area contributed by atoms with Gasteiger partial charge in [-0.25, -0.2) is 4.98 Å². The Labute approximate surface area is 177 Å². The molecule has 30 heavy (non-hydrogen) atoms. The van der Waals surface area contributed by atoms with Gasteiger partial charge in [-0.1, -0.05) is 42.5 Å². The first-order valence-corrected chi connectivity index (χ1v) is 10.1. The van der Waals surface area contributed by atoms with Gasteiger partial charge in [0.25, 0.3) is 0 Å². The van der Waals surface area contributed by atoms with Gasteiger partial charge in [-0.15, -0.1) is 0 Å². The van der Waals surface area contributed by atoms with Gasteiger partial charge in [-0.05, 0) is 37.1 Å². The molecule has 2 aromatic carbocycles. The molecule has 158 valence electrons. The second kappa shape index (κ2) is 10.1. The van der Waals surface area contributed by atoms with Crippen molar-refractivity contribution in [3.63, 3.8) is 0 Å². The molecule has 6 heteroatoms. The van der Waals surface area contributed by atoms with Crippen molar-refractivity contribution in [2.24, 2.45) is 0 Å². The van der Waals surface area contributed by atoms with Gasteiger partial charge in [0.1, 0.15) is 11.5 Å². The van der Waals surface area contributed by atoms with Crippen LogP contribution in [0, 0.1) is 13.8 Å². The van der Waals surface area contributed by atoms with Crippen LogP contribution in [0.3, 0.4) is 0 Å². The quantitative estimate of drug-likeness (QED) is 0.530. The van der Waals surface area contributed by atoms with Crippen LogP contribution in [0.4, 0.5) is 0 Å². The van der Waals surface area contributed by atoms with Gasteiger partial charge in [0.05, 0.1) is 18.8 Å². The normalized spacial score (nSPS) is 12.1. The summed E-state index contributed by atoms with van der Waals surface area (Å²) < 4.78 is 11.4. The molecule has 3 rings (SSSR count). The summed E-state index contributed by atoms with van der Waals surface area (Å²) in [6.07, 6.45) is 0.670. The maximum Gasteiger partial charge on any atom is 0.317 e. The fraction of sp³-hybridized carbons (Fsp3) is 0.333. The standard InChI is InChI=1S/C24H28N2O4/c1-17(21-9-5-4-6-10-21)26(16-24(27)28)15-20-8-7-11-22(14-20)29-13-12-23-18(2)30-19(3)25-23/h4-11,14,17H,12-13,15-16H2,1-3H3,(H,27,28)/t17-/m0/s1. The van der Waals surface area contributed by atoms with Gasteiger partial charge < -0.3 is 14.3 Å². The zero-order valence-electron chi connectivity index (χ0n) is 17.7. The molecule has 0 aliphatic heterocycles. The molecule has 0 saturated heterocycles. The van der Waals surface area contributed by atoms with Crippen molar-refractivity contribution < 1.29 is 19.1 Å². The fourth-order valence-corrected chi connectivity index (χ4v) is 3.48. The molecule has 0 spiro atoms. The number of benzene rings is 2. The number of aliphatic carboxylic acids is 1. The molecular formula is C24H28N2O4. The SMILES string of the molecule is Cc1nc(CCOc2cccc(CN(CC(=O)O)[C@@H](C)c3ccccc3)c2)c(C)o1. The molecule has 0 bridgehead atoms. The molecule has 0 aliphatic carbocycles. The Bertz CT molecular complexity index is 968. The minimum Gasteiger partial charge on any atom is -0.493 e. The van der Waals surface area contributed by atoms with Gasteiger partial charge in [0.15, 0.2) is 5.89 Å². The first-order valence-electron chi connectivity index (χ1n) is 10.1. The van der Waals surface area contributed by atoms with Gasteiger partial charge >= 0.3 is 5.97 Å². The summed E-state index contributed by atoms with van der Waals surface area (Å²) in [4.78, 5) is 17.7. The van der Waals surface area contributed by atoms with E-state index in [1.165, 1.54) is 0 Å². The Morgan fingerprint density at radius 3 is 2.60 bits per heavy atom. The molecule has 1 heterocycles. The number of aromatic nitrogens is 1. The molecule has 0 aliphatic rings. The monoisotopic (exact) mass is 408 g/mol. The summed E-state index contributed by atoms with van der Waals surface area (Å²) in [7, 11) is 0. The minimum absolute atomic E-state index is 0.0229. The highest BCUT2D eigenvalue weighted by Gasteiger charge is 2.19. The van der Waals surface area contributed by atoms with E-state index in [1.54, 1.807) is 0 Å². The van der Waals surface area contributed by atoms with E-state index in [9.17, 15) is 9.90 Å². The molecule has 0 amide bonds. The van der Waals surface area contributed by atoms with Crippen molar-refractivity contribution in [3.8, 4) is 5.75 Å². The summed E-state index contributed by atoms with van der Waals surface area (Å²) in [6, 6.07) is 17.7. The summed E-state index contributed by atoms with van der Waals surface area (Å²) in [6.45, 7) is 6.74. The van der Waals surface area contributed by atoms with E-state index in [0.29, 0.717) is 25.5 Å². The molecule has 1 N–H and O–H groups in total. The highest BCUT2D eigenvalue weighted by Crippen LogP contribution is 2.23. The summed E-state index contributed by atoms with van der Waals surface area (Å²) in [5.41, 5.74) is 3.00. The molecule has 3 aromatic rings. The highest BCUT2D eigenvalue weighted by molar-refractivity contribution is 5.69. The number of hydrogen-bond donors (Lipinski definition) is 1. The third kappa shape index (κ3) is 5.94. The number of aryl methyl sites for hydroxylation is 2. The predicted molar refractivity (Wildman–Crippen MR) is 115 cm³/mol. The number of rotatable bonds is 10. The van der Waals surface area contributed by atoms with Crippen molar-refractivity contribution in [2.45, 2.75) is 39.8 Å². The number of oxazole rings is 1. The average Bonchev–Trinajstić information content (AvgIpc) is 3.04. The smallest absolute Gasteiger partial charge is 0.317 e.